The second-order valence-electron chi connectivity index (χ2n) is 4.00. The van der Waals surface area contributed by atoms with E-state index >= 15 is 0 Å². The third kappa shape index (κ3) is 3.32. The first-order valence-corrected chi connectivity index (χ1v) is 5.66. The van der Waals surface area contributed by atoms with Gasteiger partial charge in [-0.25, -0.2) is 0 Å². The van der Waals surface area contributed by atoms with E-state index in [1.165, 1.54) is 0 Å². The van der Waals surface area contributed by atoms with Crippen LogP contribution in [0.2, 0.25) is 0 Å². The lowest BCUT2D eigenvalue weighted by molar-refractivity contribution is 0.301. The van der Waals surface area contributed by atoms with Gasteiger partial charge in [0.1, 0.15) is 12.4 Å². The van der Waals surface area contributed by atoms with Crippen LogP contribution in [0.5, 0.6) is 5.75 Å². The first kappa shape index (κ1) is 12.6. The van der Waals surface area contributed by atoms with Crippen LogP contribution in [0.4, 0.5) is 0 Å². The third-order valence-corrected chi connectivity index (χ3v) is 2.51. The zero-order valence-corrected chi connectivity index (χ0v) is 10.1. The van der Waals surface area contributed by atoms with Gasteiger partial charge < -0.3 is 14.8 Å². The molecule has 0 fully saturated rings. The maximum absolute atomic E-state index is 8.96. The molecule has 0 bridgehead atoms. The quantitative estimate of drug-likeness (QED) is 0.774. The van der Waals surface area contributed by atoms with Gasteiger partial charge in [0, 0.05) is 5.69 Å². The molecule has 18 heavy (non-hydrogen) atoms. The highest BCUT2D eigenvalue weighted by Crippen LogP contribution is 2.10. The van der Waals surface area contributed by atoms with Crippen molar-refractivity contribution in [3.05, 3.63) is 53.9 Å². The zero-order valence-electron chi connectivity index (χ0n) is 10.1. The van der Waals surface area contributed by atoms with Crippen molar-refractivity contribution in [1.29, 1.82) is 0 Å². The van der Waals surface area contributed by atoms with E-state index in [2.05, 4.69) is 4.98 Å². The fourth-order valence-corrected chi connectivity index (χ4v) is 1.57. The van der Waals surface area contributed by atoms with E-state index in [0.29, 0.717) is 17.8 Å². The molecule has 0 saturated heterocycles. The van der Waals surface area contributed by atoms with E-state index in [0.717, 1.165) is 11.4 Å². The van der Waals surface area contributed by atoms with Crippen LogP contribution in [0.25, 0.3) is 0 Å². The molecule has 92 valence electrons. The highest BCUT2D eigenvalue weighted by Gasteiger charge is 2.09. The first-order valence-electron chi connectivity index (χ1n) is 5.66. The van der Waals surface area contributed by atoms with E-state index in [1.54, 1.807) is 24.3 Å². The van der Waals surface area contributed by atoms with E-state index in [9.17, 15) is 0 Å². The van der Waals surface area contributed by atoms with Crippen molar-refractivity contribution >= 4 is 12.6 Å². The molecule has 1 heterocycles. The van der Waals surface area contributed by atoms with Crippen LogP contribution in [-0.4, -0.2) is 22.2 Å². The highest BCUT2D eigenvalue weighted by molar-refractivity contribution is 6.58. The minimum Gasteiger partial charge on any atom is -0.487 e. The Morgan fingerprint density at radius 1 is 1.11 bits per heavy atom. The van der Waals surface area contributed by atoms with Crippen molar-refractivity contribution in [3.8, 4) is 5.75 Å². The molecule has 0 aliphatic rings. The summed E-state index contributed by atoms with van der Waals surface area (Å²) in [6.07, 6.45) is 0. The summed E-state index contributed by atoms with van der Waals surface area (Å²) in [4.78, 5) is 4.33. The molecule has 2 aromatic rings. The molecule has 4 nitrogen and oxygen atoms in total. The number of hydrogen-bond donors (Lipinski definition) is 2. The number of aromatic nitrogens is 1. The van der Waals surface area contributed by atoms with Crippen molar-refractivity contribution in [2.45, 2.75) is 13.5 Å². The van der Waals surface area contributed by atoms with Gasteiger partial charge in [-0.1, -0.05) is 18.2 Å². The van der Waals surface area contributed by atoms with Crippen LogP contribution in [-0.2, 0) is 6.61 Å². The highest BCUT2D eigenvalue weighted by atomic mass is 16.5. The van der Waals surface area contributed by atoms with Crippen LogP contribution >= 0.6 is 0 Å². The van der Waals surface area contributed by atoms with Crippen molar-refractivity contribution < 1.29 is 14.8 Å². The Morgan fingerprint density at radius 3 is 2.44 bits per heavy atom. The molecule has 2 N–H and O–H groups in total. The van der Waals surface area contributed by atoms with Gasteiger partial charge >= 0.3 is 7.12 Å². The lowest BCUT2D eigenvalue weighted by Crippen LogP contribution is -2.29. The topological polar surface area (TPSA) is 62.6 Å². The Bertz CT molecular complexity index is 514. The summed E-state index contributed by atoms with van der Waals surface area (Å²) in [5.74, 6) is 0.669. The normalized spacial score (nSPS) is 10.2. The molecule has 0 aliphatic heterocycles. The van der Waals surface area contributed by atoms with Crippen molar-refractivity contribution in [2.75, 3.05) is 0 Å². The first-order chi connectivity index (χ1) is 8.65. The average Bonchev–Trinajstić information content (AvgIpc) is 2.37. The maximum atomic E-state index is 8.96. The minimum atomic E-state index is -1.45. The summed E-state index contributed by atoms with van der Waals surface area (Å²) >= 11 is 0. The second-order valence-corrected chi connectivity index (χ2v) is 4.00. The van der Waals surface area contributed by atoms with Crippen LogP contribution in [0.15, 0.2) is 42.5 Å². The molecule has 1 aromatic carbocycles. The molecule has 0 unspecified atom stereocenters. The van der Waals surface area contributed by atoms with Crippen LogP contribution in [0, 0.1) is 6.92 Å². The van der Waals surface area contributed by atoms with Crippen LogP contribution in [0.3, 0.4) is 0 Å². The van der Waals surface area contributed by atoms with Crippen LogP contribution < -0.4 is 10.2 Å². The SMILES string of the molecule is Cc1cccc(COc2ccc(B(O)O)cc2)n1. The number of ether oxygens (including phenoxy) is 1. The van der Waals surface area contributed by atoms with Crippen molar-refractivity contribution in [1.82, 2.24) is 4.98 Å². The summed E-state index contributed by atoms with van der Waals surface area (Å²) in [6.45, 7) is 2.32. The lowest BCUT2D eigenvalue weighted by Gasteiger charge is -2.07. The summed E-state index contributed by atoms with van der Waals surface area (Å²) in [5.41, 5.74) is 2.26. The van der Waals surface area contributed by atoms with Crippen LogP contribution in [0.1, 0.15) is 11.4 Å². The van der Waals surface area contributed by atoms with Gasteiger partial charge in [-0.15, -0.1) is 0 Å². The monoisotopic (exact) mass is 243 g/mol. The molecule has 0 amide bonds. The third-order valence-electron chi connectivity index (χ3n) is 2.51. The van der Waals surface area contributed by atoms with Gasteiger partial charge in [-0.2, -0.15) is 0 Å². The predicted molar refractivity (Wildman–Crippen MR) is 69.6 cm³/mol. The molecular formula is C13H14BNO3. The molecule has 0 atom stereocenters. The fourth-order valence-electron chi connectivity index (χ4n) is 1.57. The standard InChI is InChI=1S/C13H14BNO3/c1-10-3-2-4-12(15-10)9-18-13-7-5-11(6-8-13)14(16)17/h2-8,16-17H,9H2,1H3. The van der Waals surface area contributed by atoms with Gasteiger partial charge in [0.2, 0.25) is 0 Å². The lowest BCUT2D eigenvalue weighted by atomic mass is 9.80. The van der Waals surface area contributed by atoms with Gasteiger partial charge in [0.05, 0.1) is 5.69 Å². The Balaban J connectivity index is 1.98. The van der Waals surface area contributed by atoms with E-state index in [1.807, 2.05) is 25.1 Å². The number of benzene rings is 1. The maximum Gasteiger partial charge on any atom is 0.488 e. The molecule has 0 radical (unpaired) electrons. The number of pyridine rings is 1. The molecule has 0 saturated carbocycles. The molecule has 1 aromatic heterocycles. The molecule has 5 heteroatoms. The Hall–Kier alpha value is -1.85. The summed E-state index contributed by atoms with van der Waals surface area (Å²) in [7, 11) is -1.45. The average molecular weight is 243 g/mol. The minimum absolute atomic E-state index is 0.392. The summed E-state index contributed by atoms with van der Waals surface area (Å²) < 4.78 is 5.56. The number of nitrogens with zero attached hydrogens (tertiary/aromatic N) is 1. The fraction of sp³-hybridized carbons (Fsp3) is 0.154. The van der Waals surface area contributed by atoms with E-state index < -0.39 is 7.12 Å². The Labute approximate surface area is 106 Å². The molecular weight excluding hydrogens is 229 g/mol. The van der Waals surface area contributed by atoms with Gasteiger partial charge in [-0.3, -0.25) is 4.98 Å². The molecule has 2 rings (SSSR count). The number of aryl methyl sites for hydroxylation is 1. The number of hydrogen-bond acceptors (Lipinski definition) is 4. The number of rotatable bonds is 4. The van der Waals surface area contributed by atoms with Crippen molar-refractivity contribution in [3.63, 3.8) is 0 Å². The summed E-state index contributed by atoms with van der Waals surface area (Å²) in [6, 6.07) is 12.4. The predicted octanol–water partition coefficient (Wildman–Crippen LogP) is 0.649. The Morgan fingerprint density at radius 2 is 1.83 bits per heavy atom. The van der Waals surface area contributed by atoms with E-state index in [-0.39, 0.29) is 0 Å². The van der Waals surface area contributed by atoms with E-state index in [4.69, 9.17) is 14.8 Å². The van der Waals surface area contributed by atoms with Gasteiger partial charge in [0.25, 0.3) is 0 Å². The van der Waals surface area contributed by atoms with Crippen molar-refractivity contribution in [2.24, 2.45) is 0 Å². The smallest absolute Gasteiger partial charge is 0.487 e. The van der Waals surface area contributed by atoms with Gasteiger partial charge in [-0.05, 0) is 36.7 Å². The largest absolute Gasteiger partial charge is 0.488 e. The van der Waals surface area contributed by atoms with Gasteiger partial charge in [0.15, 0.2) is 0 Å². The molecule has 0 spiro atoms. The zero-order chi connectivity index (χ0) is 13.0. The Kier molecular flexibility index (Phi) is 3.97. The second kappa shape index (κ2) is 5.66. The molecule has 0 aliphatic carbocycles. The summed E-state index contributed by atoms with van der Waals surface area (Å²) in [5, 5.41) is 17.9.